The Kier molecular flexibility index (Phi) is 9.05. The summed E-state index contributed by atoms with van der Waals surface area (Å²) < 4.78 is 27.1. The molecular weight excluding hydrogens is 592 g/mol. The van der Waals surface area contributed by atoms with E-state index in [1.165, 1.54) is 0 Å². The predicted octanol–water partition coefficient (Wildman–Crippen LogP) is 8.15. The first kappa shape index (κ1) is 35.0. The first-order chi connectivity index (χ1) is 21.9. The summed E-state index contributed by atoms with van der Waals surface area (Å²) in [6.45, 7) is 24.2. The van der Waals surface area contributed by atoms with Gasteiger partial charge in [0.15, 0.2) is 11.6 Å². The molecule has 2 aromatic rings. The molecule has 4 aliphatic heterocycles. The fourth-order valence-corrected chi connectivity index (χ4v) is 9.02. The topological polar surface area (TPSA) is 61.9 Å². The van der Waals surface area contributed by atoms with Gasteiger partial charge in [0.1, 0.15) is 12.2 Å². The molecule has 4 fully saturated rings. The van der Waals surface area contributed by atoms with E-state index in [1.54, 1.807) is 0 Å². The van der Waals surface area contributed by atoms with Gasteiger partial charge in [-0.25, -0.2) is 0 Å². The Labute approximate surface area is 282 Å². The summed E-state index contributed by atoms with van der Waals surface area (Å²) in [5.74, 6) is -1.38. The number of hydrogen-bond acceptors (Lipinski definition) is 8. The molecule has 2 aromatic carbocycles. The van der Waals surface area contributed by atoms with Gasteiger partial charge < -0.3 is 18.9 Å². The third kappa shape index (κ3) is 6.95. The predicted molar refractivity (Wildman–Crippen MR) is 182 cm³/mol. The lowest BCUT2D eigenvalue weighted by atomic mass is 9.75. The van der Waals surface area contributed by atoms with Gasteiger partial charge >= 0.3 is 0 Å². The van der Waals surface area contributed by atoms with Gasteiger partial charge in [0.2, 0.25) is 0 Å². The molecule has 0 saturated carbocycles. The van der Waals surface area contributed by atoms with Crippen LogP contribution in [0.1, 0.15) is 118 Å². The van der Waals surface area contributed by atoms with Crippen LogP contribution in [0.15, 0.2) is 60.7 Å². The molecule has 0 aliphatic carbocycles. The third-order valence-corrected chi connectivity index (χ3v) is 10.6. The molecule has 2 atom stereocenters. The zero-order valence-corrected chi connectivity index (χ0v) is 30.4. The molecule has 6 rings (SSSR count). The number of ether oxygens (including phenoxy) is 4. The minimum atomic E-state index is -0.689. The van der Waals surface area contributed by atoms with Crippen LogP contribution in [0, 0.1) is 5.41 Å². The highest BCUT2D eigenvalue weighted by Crippen LogP contribution is 2.53. The minimum Gasteiger partial charge on any atom is -0.349 e. The van der Waals surface area contributed by atoms with Gasteiger partial charge in [0, 0.05) is 47.8 Å². The average Bonchev–Trinajstić information content (AvgIpc) is 3.00. The van der Waals surface area contributed by atoms with Crippen molar-refractivity contribution < 1.29 is 28.6 Å². The van der Waals surface area contributed by atoms with E-state index in [1.807, 2.05) is 12.1 Å². The highest BCUT2D eigenvalue weighted by molar-refractivity contribution is 5.18. The van der Waals surface area contributed by atoms with Crippen molar-refractivity contribution in [1.82, 2.24) is 10.1 Å². The highest BCUT2D eigenvalue weighted by Gasteiger charge is 2.61. The quantitative estimate of drug-likeness (QED) is 0.311. The van der Waals surface area contributed by atoms with Crippen molar-refractivity contribution >= 4 is 0 Å². The molecule has 0 N–H and O–H groups in total. The molecule has 4 aliphatic rings. The van der Waals surface area contributed by atoms with Crippen LogP contribution in [-0.2, 0) is 28.6 Å². The number of piperidine rings is 2. The lowest BCUT2D eigenvalue weighted by molar-refractivity contribution is -0.423. The van der Waals surface area contributed by atoms with Crippen molar-refractivity contribution in [2.45, 2.75) is 141 Å². The molecule has 0 bridgehead atoms. The van der Waals surface area contributed by atoms with Crippen LogP contribution in [-0.4, -0.2) is 70.3 Å². The summed E-state index contributed by atoms with van der Waals surface area (Å²) in [6, 6.07) is 20.8. The second kappa shape index (κ2) is 12.2. The van der Waals surface area contributed by atoms with Gasteiger partial charge in [0.25, 0.3) is 0 Å². The van der Waals surface area contributed by atoms with Crippen LogP contribution < -0.4 is 0 Å². The van der Waals surface area contributed by atoms with Gasteiger partial charge in [-0.1, -0.05) is 60.7 Å². The number of benzene rings is 2. The second-order valence-electron chi connectivity index (χ2n) is 17.3. The fraction of sp³-hybridized carbons (Fsp3) is 0.692. The van der Waals surface area contributed by atoms with Crippen molar-refractivity contribution in [3.8, 4) is 0 Å². The Morgan fingerprint density at radius 2 is 0.766 bits per heavy atom. The van der Waals surface area contributed by atoms with Crippen LogP contribution in [0.4, 0.5) is 0 Å². The van der Waals surface area contributed by atoms with Crippen molar-refractivity contribution in [3.05, 3.63) is 71.8 Å². The maximum atomic E-state index is 6.78. The van der Waals surface area contributed by atoms with Crippen molar-refractivity contribution in [1.29, 1.82) is 0 Å². The number of hydrogen-bond donors (Lipinski definition) is 0. The van der Waals surface area contributed by atoms with E-state index in [-0.39, 0.29) is 39.8 Å². The molecule has 0 radical (unpaired) electrons. The lowest BCUT2D eigenvalue weighted by Gasteiger charge is -2.62. The summed E-state index contributed by atoms with van der Waals surface area (Å²) in [5.41, 5.74) is 0.716. The first-order valence-corrected chi connectivity index (χ1v) is 17.5. The summed E-state index contributed by atoms with van der Waals surface area (Å²) in [4.78, 5) is 13.3. The van der Waals surface area contributed by atoms with Crippen LogP contribution >= 0.6 is 0 Å². The maximum Gasteiger partial charge on any atom is 0.172 e. The Bertz CT molecular complexity index is 1210. The zero-order chi connectivity index (χ0) is 33.9. The van der Waals surface area contributed by atoms with Gasteiger partial charge in [-0.15, -0.1) is 0 Å². The first-order valence-electron chi connectivity index (χ1n) is 17.5. The number of rotatable bonds is 6. The van der Waals surface area contributed by atoms with Gasteiger partial charge in [-0.2, -0.15) is 10.1 Å². The van der Waals surface area contributed by atoms with E-state index >= 15 is 0 Å². The molecule has 4 heterocycles. The van der Waals surface area contributed by atoms with Crippen molar-refractivity contribution in [2.75, 3.05) is 26.4 Å². The monoisotopic (exact) mass is 650 g/mol. The molecule has 4 saturated heterocycles. The fourth-order valence-electron chi connectivity index (χ4n) is 9.02. The summed E-state index contributed by atoms with van der Waals surface area (Å²) >= 11 is 0. The Balaban J connectivity index is 1.08. The summed E-state index contributed by atoms with van der Waals surface area (Å²) in [6.07, 6.45) is 2.67. The third-order valence-electron chi connectivity index (χ3n) is 10.6. The number of nitrogens with zero attached hydrogens (tertiary/aromatic N) is 2. The van der Waals surface area contributed by atoms with E-state index in [2.05, 4.69) is 128 Å². The van der Waals surface area contributed by atoms with Crippen molar-refractivity contribution in [3.63, 3.8) is 0 Å². The van der Waals surface area contributed by atoms with Crippen molar-refractivity contribution in [2.24, 2.45) is 5.41 Å². The van der Waals surface area contributed by atoms with E-state index in [4.69, 9.17) is 28.6 Å². The molecule has 47 heavy (non-hydrogen) atoms. The van der Waals surface area contributed by atoms with E-state index in [0.29, 0.717) is 52.1 Å². The van der Waals surface area contributed by atoms with Crippen LogP contribution in [0.25, 0.3) is 0 Å². The molecule has 0 amide bonds. The Morgan fingerprint density at radius 1 is 0.489 bits per heavy atom. The second-order valence-corrected chi connectivity index (χ2v) is 17.3. The average molecular weight is 651 g/mol. The zero-order valence-electron chi connectivity index (χ0n) is 30.4. The molecule has 8 heteroatoms. The molecule has 260 valence electrons. The van der Waals surface area contributed by atoms with Gasteiger partial charge in [0.05, 0.1) is 31.8 Å². The molecule has 8 nitrogen and oxygen atoms in total. The minimum absolute atomic E-state index is 0.0650. The van der Waals surface area contributed by atoms with Crippen LogP contribution in [0.5, 0.6) is 0 Å². The summed E-state index contributed by atoms with van der Waals surface area (Å²) in [7, 11) is 0. The highest BCUT2D eigenvalue weighted by atomic mass is 16.7. The molecule has 2 unspecified atom stereocenters. The Morgan fingerprint density at radius 3 is 1.04 bits per heavy atom. The Hall–Kier alpha value is -1.88. The SMILES string of the molecule is CC(ON1C(C)(C)CC2(CC1(C)C)OCC1(CO2)COC2(CC(C)(C)N(OC(C)c3ccccc3)C(C)(C)C2)OC1)c1ccccc1. The van der Waals surface area contributed by atoms with Gasteiger partial charge in [-0.05, 0) is 80.4 Å². The molecule has 0 aromatic heterocycles. The number of hydroxylamine groups is 4. The van der Waals surface area contributed by atoms with Crippen LogP contribution in [0.3, 0.4) is 0 Å². The largest absolute Gasteiger partial charge is 0.349 e. The lowest BCUT2D eigenvalue weighted by Crippen LogP contribution is -2.71. The molecule has 3 spiro atoms. The standard InChI is InChI=1S/C39H58N2O6/c1-29(31-17-13-11-14-18-31)46-40-33(3,4)21-38(22-34(40,5)6)42-25-37(26-43-38)27-44-39(45-28-37)23-35(7,8)41(36(9,10)24-39)47-30(2)32-19-15-12-16-20-32/h11-20,29-30H,21-28H2,1-10H3. The summed E-state index contributed by atoms with van der Waals surface area (Å²) in [5, 5.41) is 4.35. The van der Waals surface area contributed by atoms with E-state index in [9.17, 15) is 0 Å². The van der Waals surface area contributed by atoms with E-state index < -0.39 is 11.6 Å². The maximum absolute atomic E-state index is 6.78. The normalized spacial score (nSPS) is 28.6. The van der Waals surface area contributed by atoms with E-state index in [0.717, 1.165) is 11.1 Å². The smallest absolute Gasteiger partial charge is 0.172 e. The van der Waals surface area contributed by atoms with Crippen LogP contribution in [0.2, 0.25) is 0 Å². The molecular formula is C39H58N2O6. The van der Waals surface area contributed by atoms with Gasteiger partial charge in [-0.3, -0.25) is 9.68 Å².